The normalized spacial score (nSPS) is 28.0. The van der Waals surface area contributed by atoms with Crippen LogP contribution in [-0.4, -0.2) is 118 Å². The van der Waals surface area contributed by atoms with Crippen LogP contribution < -0.4 is 10.6 Å². The van der Waals surface area contributed by atoms with E-state index in [1.54, 1.807) is 30.4 Å². The fourth-order valence-corrected chi connectivity index (χ4v) is 14.6. The van der Waals surface area contributed by atoms with Gasteiger partial charge in [-0.05, 0) is 96.4 Å². The molecule has 12 rings (SSSR count). The van der Waals surface area contributed by atoms with Crippen LogP contribution in [0.3, 0.4) is 0 Å². The van der Waals surface area contributed by atoms with Crippen molar-refractivity contribution in [3.8, 4) is 11.1 Å². The molecular weight excluding hydrogens is 1180 g/mol. The van der Waals surface area contributed by atoms with E-state index < -0.39 is 87.3 Å². The molecule has 0 radical (unpaired) electrons. The first kappa shape index (κ1) is 64.2. The number of likely N-dealkylation sites (tertiary alicyclic amines) is 1. The summed E-state index contributed by atoms with van der Waals surface area (Å²) in [6, 6.07) is 28.9. The average molecular weight is 1260 g/mol. The number of nitrogens with one attached hydrogen (secondary N) is 2. The predicted molar refractivity (Wildman–Crippen MR) is 335 cm³/mol. The quantitative estimate of drug-likeness (QED) is 0.0507. The van der Waals surface area contributed by atoms with Crippen LogP contribution in [0, 0.1) is 34.5 Å². The van der Waals surface area contributed by atoms with Crippen molar-refractivity contribution in [2.75, 3.05) is 20.3 Å². The van der Waals surface area contributed by atoms with Crippen LogP contribution >= 0.6 is 23.2 Å². The fourth-order valence-electron chi connectivity index (χ4n) is 14.2. The van der Waals surface area contributed by atoms with Crippen molar-refractivity contribution in [1.82, 2.24) is 15.5 Å². The van der Waals surface area contributed by atoms with Crippen molar-refractivity contribution in [3.63, 3.8) is 0 Å². The number of fused-ring (bicyclic) bond motifs is 3. The summed E-state index contributed by atoms with van der Waals surface area (Å²) in [5.74, 6) is -5.59. The molecule has 89 heavy (non-hydrogen) atoms. The van der Waals surface area contributed by atoms with Gasteiger partial charge in [0, 0.05) is 71.5 Å². The second-order valence-corrected chi connectivity index (χ2v) is 26.9. The molecule has 0 aromatic heterocycles. The number of allylic oxidation sites excluding steroid dienone is 1. The Morgan fingerprint density at radius 3 is 1.88 bits per heavy atom. The maximum Gasteiger partial charge on any atom is 0.408 e. The molecule has 1 unspecified atom stereocenters. The Morgan fingerprint density at radius 2 is 1.34 bits per heavy atom. The predicted octanol–water partition coefficient (Wildman–Crippen LogP) is 11.6. The van der Waals surface area contributed by atoms with Crippen LogP contribution in [0.1, 0.15) is 133 Å². The first-order valence-electron chi connectivity index (χ1n) is 30.1. The van der Waals surface area contributed by atoms with Gasteiger partial charge in [0.15, 0.2) is 11.4 Å². The number of amides is 3. The molecule has 1 saturated heterocycles. The lowest BCUT2D eigenvalue weighted by Crippen LogP contribution is -2.57. The van der Waals surface area contributed by atoms with Gasteiger partial charge in [-0.25, -0.2) is 9.59 Å². The molecule has 5 aliphatic carbocycles. The number of hydrogen-bond donors (Lipinski definition) is 3. The van der Waals surface area contributed by atoms with Crippen LogP contribution in [0.25, 0.3) is 11.1 Å². The third-order valence-corrected chi connectivity index (χ3v) is 19.7. The Morgan fingerprint density at radius 1 is 0.764 bits per heavy atom. The number of halogens is 2. The third kappa shape index (κ3) is 12.7. The molecule has 18 nitrogen and oxygen atoms in total. The van der Waals surface area contributed by atoms with Crippen molar-refractivity contribution >= 4 is 76.2 Å². The minimum Gasteiger partial charge on any atom is -0.481 e. The van der Waals surface area contributed by atoms with E-state index in [0.29, 0.717) is 47.2 Å². The van der Waals surface area contributed by atoms with Gasteiger partial charge < -0.3 is 44.5 Å². The van der Waals surface area contributed by atoms with Gasteiger partial charge in [0.05, 0.1) is 48.4 Å². The zero-order valence-electron chi connectivity index (χ0n) is 49.8. The van der Waals surface area contributed by atoms with Crippen LogP contribution in [-0.2, 0) is 52.7 Å². The molecule has 3 aliphatic heterocycles. The van der Waals surface area contributed by atoms with E-state index in [1.165, 1.54) is 12.0 Å². The largest absolute Gasteiger partial charge is 0.481 e. The monoisotopic (exact) mass is 1250 g/mol. The summed E-state index contributed by atoms with van der Waals surface area (Å²) in [5.41, 5.74) is 2.40. The number of hydrogen-bond acceptors (Lipinski definition) is 14. The Bertz CT molecular complexity index is 3510. The van der Waals surface area contributed by atoms with Crippen LogP contribution in [0.2, 0.25) is 10.0 Å². The molecule has 4 aromatic carbocycles. The summed E-state index contributed by atoms with van der Waals surface area (Å²) in [7, 11) is 1.29. The zero-order valence-corrected chi connectivity index (χ0v) is 51.3. The van der Waals surface area contributed by atoms with Crippen molar-refractivity contribution in [2.45, 2.75) is 146 Å². The minimum absolute atomic E-state index is 0. The number of nitrogens with zero attached hydrogens (tertiary/aromatic N) is 3. The van der Waals surface area contributed by atoms with E-state index in [2.05, 4.69) is 58.4 Å². The molecule has 3 N–H and O–H groups in total. The molecule has 0 bridgehead atoms. The second-order valence-electron chi connectivity index (χ2n) is 26.1. The fraction of sp³-hybridized carbons (Fsp3) is 0.464. The summed E-state index contributed by atoms with van der Waals surface area (Å²) in [5, 5.41) is 25.5. The molecule has 5 fully saturated rings. The van der Waals surface area contributed by atoms with Crippen LogP contribution in [0.15, 0.2) is 133 Å². The number of carboxylic acid groups (broad SMARTS) is 1. The molecule has 3 amide bonds. The van der Waals surface area contributed by atoms with E-state index >= 15 is 0 Å². The van der Waals surface area contributed by atoms with Gasteiger partial charge >= 0.3 is 24.0 Å². The Hall–Kier alpha value is -7.83. The number of aliphatic carboxylic acids is 1. The standard InChI is InChI=1S/C36H33ClN2O6.C32H40ClN3O7.CH4/c1-3-22-16-36(22,34(42)43-2)38-32(40)28-17-35(19-31(39-45-35)21-9-8-10-23(37)15-21)18-29(28)33(41)44-20-30-26-13-6-4-11-24(26)25-12-5-7-14-27(25)30;1-5-20-14-32(20,28(39)40)17-25(37)24-16-31(15-23(35-43-31)19-9-8-10-21(33)13-19)18-36(24)27(38)26(30(2,3)4)34-29(41)42-22-11-6-7-12-22;/h3-15,22,28-30H,1,16-20H2,2H3,(H,38,40);5,8-10,13,20,22,24,26H,1,6-7,11-12,14-18H2,2-4H3,(H,34,41)(H,39,40);1H4/t22-,28-,29?,35-,36-;20-,24+,26-,31-,32-;/m11./s1. The number of carbonyl (C=O) groups is 7. The summed E-state index contributed by atoms with van der Waals surface area (Å²) in [6.45, 7) is 13.2. The van der Waals surface area contributed by atoms with Crippen LogP contribution in [0.4, 0.5) is 4.79 Å². The number of Topliss-reactive ketones (excluding diaryl/α,β-unsaturated/α-hetero) is 1. The van der Waals surface area contributed by atoms with E-state index in [-0.39, 0.29) is 75.9 Å². The molecular formula is C69H77Cl2N5O13. The molecule has 3 heterocycles. The number of benzene rings is 4. The number of ketones is 1. The molecule has 4 saturated carbocycles. The van der Waals surface area contributed by atoms with E-state index in [4.69, 9.17) is 47.1 Å². The SMILES string of the molecule is C.C=C[C@@H]1C[C@]1(CC(=O)[C@@H]1C[C@]2(CC(c3cccc(Cl)c3)=NO2)CN1C(=O)[C@@H](NC(=O)OC1CCCC1)C(C)(C)C)C(=O)O.C=C[C@@H]1C[C@]1(NC(=O)[C@@H]1C[C@]2(CC(c3cccc(Cl)c3)=NO2)CC1C(=O)OCC1c2ccccc2-c2ccccc21)C(=O)OC. The van der Waals surface area contributed by atoms with Gasteiger partial charge in [-0.15, -0.1) is 13.2 Å². The topological polar surface area (TPSA) is 238 Å². The van der Waals surface area contributed by atoms with Crippen molar-refractivity contribution < 1.29 is 62.6 Å². The van der Waals surface area contributed by atoms with Gasteiger partial charge in [0.25, 0.3) is 0 Å². The highest BCUT2D eigenvalue weighted by molar-refractivity contribution is 6.31. The number of esters is 2. The molecule has 8 aliphatic rings. The number of carboxylic acids is 1. The molecule has 470 valence electrons. The Balaban J connectivity index is 0.000000194. The summed E-state index contributed by atoms with van der Waals surface area (Å²) < 4.78 is 16.7. The lowest BCUT2D eigenvalue weighted by atomic mass is 9.85. The first-order valence-corrected chi connectivity index (χ1v) is 30.9. The molecule has 2 spiro atoms. The molecule has 20 heteroatoms. The van der Waals surface area contributed by atoms with Gasteiger partial charge in [0.2, 0.25) is 11.8 Å². The maximum absolute atomic E-state index is 14.3. The van der Waals surface area contributed by atoms with Gasteiger partial charge in [-0.3, -0.25) is 24.0 Å². The molecule has 10 atom stereocenters. The highest BCUT2D eigenvalue weighted by Crippen LogP contribution is 2.57. The smallest absolute Gasteiger partial charge is 0.408 e. The first-order chi connectivity index (χ1) is 42.0. The summed E-state index contributed by atoms with van der Waals surface area (Å²) >= 11 is 12.4. The maximum atomic E-state index is 14.3. The number of alkyl carbamates (subject to hydrolysis) is 1. The lowest BCUT2D eigenvalue weighted by molar-refractivity contribution is -0.153. The van der Waals surface area contributed by atoms with E-state index in [0.717, 1.165) is 59.1 Å². The Labute approximate surface area is 528 Å². The minimum atomic E-state index is -1.23. The molecule has 4 aromatic rings. The average Bonchev–Trinajstić information content (AvgIpc) is 1.62. The third-order valence-electron chi connectivity index (χ3n) is 19.2. The van der Waals surface area contributed by atoms with Crippen molar-refractivity contribution in [1.29, 1.82) is 0 Å². The van der Waals surface area contributed by atoms with Gasteiger partial charge in [-0.1, -0.05) is 147 Å². The Kier molecular flexibility index (Phi) is 18.2. The number of ether oxygens (including phenoxy) is 3. The summed E-state index contributed by atoms with van der Waals surface area (Å²) in [4.78, 5) is 107. The highest BCUT2D eigenvalue weighted by atomic mass is 35.5. The van der Waals surface area contributed by atoms with Crippen LogP contribution in [0.5, 0.6) is 0 Å². The summed E-state index contributed by atoms with van der Waals surface area (Å²) in [6.07, 6.45) is 7.74. The van der Waals surface area contributed by atoms with Crippen molar-refractivity contribution in [3.05, 3.63) is 155 Å². The van der Waals surface area contributed by atoms with Gasteiger partial charge in [-0.2, -0.15) is 0 Å². The lowest BCUT2D eigenvalue weighted by Gasteiger charge is -2.35. The second kappa shape index (κ2) is 25.2. The highest BCUT2D eigenvalue weighted by Gasteiger charge is 2.65. The number of methoxy groups -OCH3 is 1. The number of oxime groups is 2. The van der Waals surface area contributed by atoms with Crippen molar-refractivity contribution in [2.24, 2.45) is 44.8 Å². The van der Waals surface area contributed by atoms with E-state index in [9.17, 15) is 38.7 Å². The number of rotatable bonds is 17. The zero-order chi connectivity index (χ0) is 62.5. The number of carbonyl (C=O) groups excluding carboxylic acids is 6. The van der Waals surface area contributed by atoms with Gasteiger partial charge in [0.1, 0.15) is 29.9 Å². The van der Waals surface area contributed by atoms with E-state index in [1.807, 2.05) is 75.4 Å².